The first kappa shape index (κ1) is 42.3. The molecule has 0 aromatic rings. The number of nitrogens with two attached hydrogens (primary N) is 2. The summed E-state index contributed by atoms with van der Waals surface area (Å²) < 4.78 is 0. The lowest BCUT2D eigenvalue weighted by atomic mass is 10.0. The number of carboxylic acid groups (broad SMARTS) is 1. The molecule has 0 saturated heterocycles. The van der Waals surface area contributed by atoms with E-state index in [-0.39, 0.29) is 11.5 Å². The van der Waals surface area contributed by atoms with Gasteiger partial charge in [0.05, 0.1) is 25.2 Å². The SMILES string of the molecule is CC(C)[C@H](NC(=O)[C@H](C)NC(=O)[C@@H](NC(=O)[C@H](CC(N)=O)NC(=O)[C@H](CO)NC(=O)[C@@H](N)CS)[C@@H](C)O)C(=O)N[C@@H](CS)C(=O)O. The number of hydrogen-bond acceptors (Lipinski definition) is 13. The molecule has 0 unspecified atom stereocenters. The summed E-state index contributed by atoms with van der Waals surface area (Å²) in [7, 11) is 0. The fourth-order valence-corrected chi connectivity index (χ4v) is 3.94. The van der Waals surface area contributed by atoms with Gasteiger partial charge in [-0.2, -0.15) is 25.3 Å². The molecule has 13 N–H and O–H groups in total. The van der Waals surface area contributed by atoms with Crippen molar-refractivity contribution in [3.63, 3.8) is 0 Å². The minimum Gasteiger partial charge on any atom is -0.480 e. The van der Waals surface area contributed by atoms with Crippen molar-refractivity contribution in [1.82, 2.24) is 31.9 Å². The summed E-state index contributed by atoms with van der Waals surface area (Å²) in [5.74, 6) is -9.10. The molecule has 0 aromatic carbocycles. The van der Waals surface area contributed by atoms with Crippen LogP contribution in [0.3, 0.4) is 0 Å². The third-order valence-electron chi connectivity index (χ3n) is 6.25. The van der Waals surface area contributed by atoms with Gasteiger partial charge < -0.3 is 58.7 Å². The van der Waals surface area contributed by atoms with Crippen molar-refractivity contribution in [1.29, 1.82) is 0 Å². The third kappa shape index (κ3) is 14.2. The Balaban J connectivity index is 5.68. The zero-order valence-electron chi connectivity index (χ0n) is 25.7. The molecule has 0 radical (unpaired) electrons. The Morgan fingerprint density at radius 1 is 0.652 bits per heavy atom. The first-order chi connectivity index (χ1) is 21.3. The topological polar surface area (TPSA) is 321 Å². The van der Waals surface area contributed by atoms with E-state index < -0.39 is 115 Å². The smallest absolute Gasteiger partial charge is 0.327 e. The predicted octanol–water partition coefficient (Wildman–Crippen LogP) is -5.91. The Morgan fingerprint density at radius 2 is 1.13 bits per heavy atom. The normalized spacial score (nSPS) is 16.2. The molecule has 0 bridgehead atoms. The van der Waals surface area contributed by atoms with Crippen LogP contribution >= 0.6 is 25.3 Å². The molecule has 262 valence electrons. The van der Waals surface area contributed by atoms with Crippen molar-refractivity contribution in [3.8, 4) is 0 Å². The van der Waals surface area contributed by atoms with Gasteiger partial charge in [0.2, 0.25) is 41.4 Å². The lowest BCUT2D eigenvalue weighted by molar-refractivity contribution is -0.142. The lowest BCUT2D eigenvalue weighted by Crippen LogP contribution is -2.62. The average Bonchev–Trinajstić information content (AvgIpc) is 2.97. The number of primary amides is 1. The van der Waals surface area contributed by atoms with Gasteiger partial charge >= 0.3 is 5.97 Å². The first-order valence-corrected chi connectivity index (χ1v) is 15.2. The van der Waals surface area contributed by atoms with Gasteiger partial charge in [0, 0.05) is 11.5 Å². The van der Waals surface area contributed by atoms with E-state index in [0.29, 0.717) is 0 Å². The number of amides is 7. The van der Waals surface area contributed by atoms with Crippen molar-refractivity contribution < 1.29 is 53.7 Å². The maximum Gasteiger partial charge on any atom is 0.327 e. The molecule has 7 amide bonds. The second-order valence-electron chi connectivity index (χ2n) is 10.5. The standard InChI is InChI=1S/C25H44N8O11S2/c1-9(2)17(23(41)31-15(8-46)25(43)44)32-19(37)10(3)28-24(42)18(11(4)35)33-21(39)13(5-16(27)36)29-22(40)14(6-34)30-20(38)12(26)7-45/h9-15,17-18,34-35,45-46H,5-8,26H2,1-4H3,(H2,27,36)(H,28,42)(H,29,40)(H,30,38)(H,31,41)(H,32,37)(H,33,39)(H,43,44)/t10-,11+,12-,13-,14-,15-,17-,18-/m0/s1. The molecular formula is C25H44N8O11S2. The highest BCUT2D eigenvalue weighted by atomic mass is 32.1. The largest absolute Gasteiger partial charge is 0.480 e. The summed E-state index contributed by atoms with van der Waals surface area (Å²) in [5, 5.41) is 42.3. The number of nitrogens with one attached hydrogen (secondary N) is 6. The van der Waals surface area contributed by atoms with E-state index >= 15 is 0 Å². The second kappa shape index (κ2) is 20.5. The minimum atomic E-state index is -1.74. The number of aliphatic hydroxyl groups excluding tert-OH is 2. The predicted molar refractivity (Wildman–Crippen MR) is 168 cm³/mol. The van der Waals surface area contributed by atoms with E-state index in [1.807, 2.05) is 0 Å². The summed E-state index contributed by atoms with van der Waals surface area (Å²) in [6.45, 7) is 4.60. The fraction of sp³-hybridized carbons (Fsp3) is 0.680. The van der Waals surface area contributed by atoms with Crippen molar-refractivity contribution in [2.24, 2.45) is 17.4 Å². The van der Waals surface area contributed by atoms with Gasteiger partial charge in [0.1, 0.15) is 36.3 Å². The molecule has 21 heteroatoms. The maximum atomic E-state index is 13.0. The molecule has 0 aliphatic rings. The molecule has 0 aliphatic heterocycles. The molecule has 0 aromatic heterocycles. The zero-order valence-corrected chi connectivity index (χ0v) is 27.5. The summed E-state index contributed by atoms with van der Waals surface area (Å²) in [5.41, 5.74) is 10.7. The van der Waals surface area contributed by atoms with Crippen LogP contribution in [0.2, 0.25) is 0 Å². The molecule has 19 nitrogen and oxygen atoms in total. The molecule has 0 rings (SSSR count). The number of carbonyl (C=O) groups excluding carboxylic acids is 7. The monoisotopic (exact) mass is 696 g/mol. The van der Waals surface area contributed by atoms with Crippen molar-refractivity contribution in [2.75, 3.05) is 18.1 Å². The summed E-state index contributed by atoms with van der Waals surface area (Å²) in [6.07, 6.45) is -2.37. The van der Waals surface area contributed by atoms with Gasteiger partial charge in [-0.25, -0.2) is 4.79 Å². The van der Waals surface area contributed by atoms with Crippen molar-refractivity contribution >= 4 is 72.6 Å². The Morgan fingerprint density at radius 3 is 1.57 bits per heavy atom. The van der Waals surface area contributed by atoms with E-state index in [1.54, 1.807) is 13.8 Å². The van der Waals surface area contributed by atoms with E-state index in [9.17, 15) is 48.6 Å². The summed E-state index contributed by atoms with van der Waals surface area (Å²) >= 11 is 7.73. The molecule has 46 heavy (non-hydrogen) atoms. The highest BCUT2D eigenvalue weighted by molar-refractivity contribution is 7.80. The zero-order chi connectivity index (χ0) is 35.9. The molecule has 0 fully saturated rings. The second-order valence-corrected chi connectivity index (χ2v) is 11.3. The van der Waals surface area contributed by atoms with Gasteiger partial charge in [-0.1, -0.05) is 13.8 Å². The van der Waals surface area contributed by atoms with Gasteiger partial charge in [0.15, 0.2) is 0 Å². The van der Waals surface area contributed by atoms with Crippen LogP contribution in [0.25, 0.3) is 0 Å². The Hall–Kier alpha value is -3.66. The minimum absolute atomic E-state index is 0.0847. The molecule has 0 heterocycles. The quantitative estimate of drug-likeness (QED) is 0.0530. The van der Waals surface area contributed by atoms with Crippen LogP contribution in [0, 0.1) is 5.92 Å². The van der Waals surface area contributed by atoms with Crippen LogP contribution in [0.1, 0.15) is 34.1 Å². The average molecular weight is 697 g/mol. The van der Waals surface area contributed by atoms with Crippen LogP contribution in [0.15, 0.2) is 0 Å². The first-order valence-electron chi connectivity index (χ1n) is 13.9. The Bertz CT molecular complexity index is 1130. The van der Waals surface area contributed by atoms with Crippen LogP contribution in [-0.4, -0.2) is 129 Å². The number of carboxylic acids is 1. The molecule has 0 aliphatic carbocycles. The fourth-order valence-electron chi connectivity index (χ4n) is 3.53. The highest BCUT2D eigenvalue weighted by Gasteiger charge is 2.35. The van der Waals surface area contributed by atoms with E-state index in [2.05, 4.69) is 57.2 Å². The van der Waals surface area contributed by atoms with E-state index in [4.69, 9.17) is 16.6 Å². The van der Waals surface area contributed by atoms with Gasteiger partial charge in [0.25, 0.3) is 0 Å². The molecule has 0 spiro atoms. The van der Waals surface area contributed by atoms with Crippen molar-refractivity contribution in [2.45, 2.75) is 82.5 Å². The number of carbonyl (C=O) groups is 8. The van der Waals surface area contributed by atoms with Crippen LogP contribution in [0.4, 0.5) is 0 Å². The number of aliphatic carboxylic acids is 1. The molecule has 0 saturated carbocycles. The van der Waals surface area contributed by atoms with E-state index in [1.165, 1.54) is 6.92 Å². The van der Waals surface area contributed by atoms with Crippen LogP contribution in [0.5, 0.6) is 0 Å². The third-order valence-corrected chi connectivity index (χ3v) is 7.00. The maximum absolute atomic E-state index is 13.0. The van der Waals surface area contributed by atoms with E-state index in [0.717, 1.165) is 6.92 Å². The number of thiol groups is 2. The Labute approximate surface area is 275 Å². The molecular weight excluding hydrogens is 652 g/mol. The summed E-state index contributed by atoms with van der Waals surface area (Å²) in [6, 6.07) is -10.1. The van der Waals surface area contributed by atoms with Crippen LogP contribution in [-0.2, 0) is 38.4 Å². The van der Waals surface area contributed by atoms with Crippen LogP contribution < -0.4 is 43.4 Å². The number of rotatable bonds is 20. The molecule has 8 atom stereocenters. The van der Waals surface area contributed by atoms with Gasteiger partial charge in [-0.05, 0) is 19.8 Å². The lowest BCUT2D eigenvalue weighted by Gasteiger charge is -2.27. The highest BCUT2D eigenvalue weighted by Crippen LogP contribution is 2.05. The number of aliphatic hydroxyl groups is 2. The van der Waals surface area contributed by atoms with Crippen molar-refractivity contribution in [3.05, 3.63) is 0 Å². The van der Waals surface area contributed by atoms with Gasteiger partial charge in [-0.3, -0.25) is 33.6 Å². The number of hydrogen-bond donors (Lipinski definition) is 13. The van der Waals surface area contributed by atoms with Gasteiger partial charge in [-0.15, -0.1) is 0 Å². The Kier molecular flexibility index (Phi) is 18.8. The summed E-state index contributed by atoms with van der Waals surface area (Å²) in [4.78, 5) is 99.0.